The standard InChI is InChI=1S/C79H119ClN12O20S.C2HF3O2/c1-15-52(8)70(62(107-13)46-65(94)91-36-20-24-61(91)71(108-14)53(9)72(96)85-60(77(101)102)45-55-21-17-16-18-22-55)90(12)76(100)68(50(4)5)87-75(99)69(51(6)7)88(10)37-33-54-27-31-58(32-28-54)89(11)79(104)112-48-56-25-29-57(30-26-56)83-73(97)59(23-19-35-82-78(81)103)84-74(98)67(49(2)3)86-64(93)34-39-109-41-43-111-44-42-110-40-38-92-66(95)47-63(80)113(92,105)106;3-2(4,5)1(6)7/h16-18,21-22,25-32,47,49-53,59-62,67-71H,15,19-20,23-24,33-46,48H2,1-14H3,(H,83,97)(H,84,98)(H,85,96)(H,86,93)(H,87,99)(H,101,102)(H3,81,82,103);(H,6,7)/t52-,53+,59-,60-,61-,62+,67-,68-,69-,70-,71+;/m0./s1. The molecule has 0 aliphatic carbocycles. The number of halogens is 4. The number of carboxylic acids is 2. The first kappa shape index (κ1) is 103. The van der Waals surface area contributed by atoms with Gasteiger partial charge in [-0.1, -0.05) is 135 Å². The van der Waals surface area contributed by atoms with Crippen LogP contribution in [-0.2, 0) is 106 Å². The number of sulfonamides is 1. The van der Waals surface area contributed by atoms with Crippen molar-refractivity contribution in [2.24, 2.45) is 35.3 Å². The van der Waals surface area contributed by atoms with Gasteiger partial charge < -0.3 is 86.1 Å². The lowest BCUT2D eigenvalue weighted by molar-refractivity contribution is -0.192. The Morgan fingerprint density at radius 1 is 0.700 bits per heavy atom. The van der Waals surface area contributed by atoms with Crippen molar-refractivity contribution in [3.05, 3.63) is 106 Å². The number of nitrogens with zero attached hydrogens (tertiary/aromatic N) is 5. The predicted octanol–water partition coefficient (Wildman–Crippen LogP) is 6.17. The van der Waals surface area contributed by atoms with Crippen LogP contribution >= 0.6 is 11.6 Å². The zero-order chi connectivity index (χ0) is 89.9. The highest BCUT2D eigenvalue weighted by molar-refractivity contribution is 7.95. The van der Waals surface area contributed by atoms with Gasteiger partial charge in [0, 0.05) is 78.2 Å². The molecule has 3 aromatic carbocycles. The Morgan fingerprint density at radius 3 is 1.82 bits per heavy atom. The first-order valence-corrected chi connectivity index (χ1v) is 41.5. The topological polar surface area (TPSA) is 449 Å². The molecule has 120 heavy (non-hydrogen) atoms. The Balaban J connectivity index is 0.00000412. The lowest BCUT2D eigenvalue weighted by Crippen LogP contribution is -2.60. The van der Waals surface area contributed by atoms with Gasteiger partial charge in [0.25, 0.3) is 15.9 Å². The van der Waals surface area contributed by atoms with Gasteiger partial charge in [0.05, 0.1) is 88.9 Å². The minimum absolute atomic E-state index is 0.00158. The van der Waals surface area contributed by atoms with Crippen molar-refractivity contribution in [2.45, 2.75) is 187 Å². The number of carbonyl (C=O) groups is 12. The van der Waals surface area contributed by atoms with E-state index >= 15 is 0 Å². The van der Waals surface area contributed by atoms with Gasteiger partial charge in [-0.25, -0.2) is 23.5 Å². The number of urea groups is 1. The van der Waals surface area contributed by atoms with E-state index in [1.165, 1.54) is 19.1 Å². The maximum Gasteiger partial charge on any atom is 0.490 e. The molecule has 0 bridgehead atoms. The number of likely N-dealkylation sites (tertiary alicyclic amines) is 1. The zero-order valence-corrected chi connectivity index (χ0v) is 72.2. The fourth-order valence-electron chi connectivity index (χ4n) is 13.6. The highest BCUT2D eigenvalue weighted by Gasteiger charge is 2.45. The van der Waals surface area contributed by atoms with Gasteiger partial charge >= 0.3 is 30.2 Å². The number of methoxy groups -OCH3 is 2. The molecular weight excluding hydrogens is 1620 g/mol. The Kier molecular flexibility index (Phi) is 43.4. The number of aliphatic carboxylic acids is 2. The molecular formula is C81H120ClF3N12O22S. The third-order valence-electron chi connectivity index (χ3n) is 20.5. The molecule has 11 atom stereocenters. The molecule has 2 aliphatic heterocycles. The van der Waals surface area contributed by atoms with Crippen LogP contribution in [0.1, 0.15) is 124 Å². The number of hydrogen-bond acceptors (Lipinski definition) is 21. The number of ether oxygens (including phenoxy) is 6. The van der Waals surface area contributed by atoms with E-state index in [1.54, 1.807) is 105 Å². The number of hydrogen-bond donors (Lipinski definition) is 9. The third kappa shape index (κ3) is 32.8. The SMILES string of the molecule is CC[C@H](C)[C@@H]([C@@H](CC(=O)N1CCC[C@H]1[C@H](OC)[C@@H](C)C(=O)N[C@@H](Cc1ccccc1)C(=O)O)OC)N(C)C(=O)[C@@H](NC(=O)[C@H](C(C)C)N(C)CCc1ccc(N(C)C(=O)OCc2ccc(NC(=O)[C@H](CCCNC(N)=O)NC(=O)[C@@H](NC(=O)CCOCCOCCOCCN3C(=O)C=C(Cl)S3(=O)=O)C(C)C)cc2)cc1)C(C)C.O=C(O)C(F)(F)F. The van der Waals surface area contributed by atoms with E-state index < -0.39 is 140 Å². The summed E-state index contributed by atoms with van der Waals surface area (Å²) in [7, 11) is 4.08. The smallest absolute Gasteiger partial charge is 0.480 e. The van der Waals surface area contributed by atoms with E-state index in [4.69, 9.17) is 55.7 Å². The van der Waals surface area contributed by atoms with Crippen LogP contribution in [0.25, 0.3) is 0 Å². The number of benzene rings is 3. The van der Waals surface area contributed by atoms with Crippen LogP contribution in [0.2, 0.25) is 0 Å². The molecule has 0 unspecified atom stereocenters. The molecule has 2 aliphatic rings. The van der Waals surface area contributed by atoms with E-state index in [0.717, 1.165) is 17.2 Å². The van der Waals surface area contributed by atoms with Gasteiger partial charge in [0.1, 0.15) is 30.8 Å². The molecule has 0 aromatic heterocycles. The molecule has 0 saturated carbocycles. The van der Waals surface area contributed by atoms with Crippen LogP contribution in [0.15, 0.2) is 89.3 Å². The van der Waals surface area contributed by atoms with E-state index in [0.29, 0.717) is 60.0 Å². The van der Waals surface area contributed by atoms with Crippen molar-refractivity contribution >= 4 is 104 Å². The van der Waals surface area contributed by atoms with Gasteiger partial charge in [-0.3, -0.25) is 48.2 Å². The summed E-state index contributed by atoms with van der Waals surface area (Å²) in [5, 5.41) is 33.7. The molecule has 0 spiro atoms. The maximum atomic E-state index is 14.9. The molecule has 1 saturated heterocycles. The molecule has 5 rings (SSSR count). The number of nitrogens with two attached hydrogens (primary N) is 1. The van der Waals surface area contributed by atoms with Crippen molar-refractivity contribution in [3.8, 4) is 0 Å². The molecule has 34 nitrogen and oxygen atoms in total. The average molecular weight is 1740 g/mol. The summed E-state index contributed by atoms with van der Waals surface area (Å²) in [6.45, 7) is 17.9. The highest BCUT2D eigenvalue weighted by atomic mass is 35.5. The summed E-state index contributed by atoms with van der Waals surface area (Å²) in [4.78, 5) is 163. The molecule has 0 radical (unpaired) electrons. The number of anilines is 2. The van der Waals surface area contributed by atoms with Crippen LogP contribution in [0, 0.1) is 29.6 Å². The average Bonchev–Trinajstić information content (AvgIpc) is 1.38. The highest BCUT2D eigenvalue weighted by Crippen LogP contribution is 2.31. The monoisotopic (exact) mass is 1740 g/mol. The number of primary amides is 1. The summed E-state index contributed by atoms with van der Waals surface area (Å²) >= 11 is 5.60. The van der Waals surface area contributed by atoms with Crippen molar-refractivity contribution in [2.75, 3.05) is 111 Å². The van der Waals surface area contributed by atoms with Crippen LogP contribution < -0.4 is 42.5 Å². The lowest BCUT2D eigenvalue weighted by Gasteiger charge is -2.41. The number of amides is 11. The summed E-state index contributed by atoms with van der Waals surface area (Å²) in [5.41, 5.74) is 8.44. The van der Waals surface area contributed by atoms with Crippen LogP contribution in [0.4, 0.5) is 34.1 Å². The molecule has 10 N–H and O–H groups in total. The Hall–Kier alpha value is -9.57. The Labute approximate surface area is 704 Å². The number of alkyl halides is 3. The van der Waals surface area contributed by atoms with Crippen molar-refractivity contribution in [1.82, 2.24) is 45.6 Å². The summed E-state index contributed by atoms with van der Waals surface area (Å²) in [6.07, 6.45) is -3.82. The largest absolute Gasteiger partial charge is 0.490 e. The Bertz CT molecular complexity index is 4000. The third-order valence-corrected chi connectivity index (χ3v) is 22.7. The number of likely N-dealkylation sites (N-methyl/N-ethyl adjacent to an activating group) is 2. The zero-order valence-electron chi connectivity index (χ0n) is 70.6. The fourth-order valence-corrected chi connectivity index (χ4v) is 15.0. The van der Waals surface area contributed by atoms with Crippen LogP contribution in [-0.4, -0.2) is 271 Å². The number of nitrogens with one attached hydrogen (secondary N) is 6. The van der Waals surface area contributed by atoms with E-state index in [1.807, 2.05) is 71.7 Å². The van der Waals surface area contributed by atoms with Crippen LogP contribution in [0.5, 0.6) is 0 Å². The summed E-state index contributed by atoms with van der Waals surface area (Å²) in [5.74, 6) is -9.67. The van der Waals surface area contributed by atoms with Gasteiger partial charge in [-0.05, 0) is 104 Å². The van der Waals surface area contributed by atoms with Gasteiger partial charge in [-0.15, -0.1) is 0 Å². The predicted molar refractivity (Wildman–Crippen MR) is 439 cm³/mol. The maximum absolute atomic E-state index is 14.9. The number of rotatable bonds is 49. The minimum atomic E-state index is -5.08. The van der Waals surface area contributed by atoms with E-state index in [9.17, 15) is 79.4 Å². The second kappa shape index (κ2) is 50.6. The van der Waals surface area contributed by atoms with E-state index in [-0.39, 0.29) is 127 Å². The van der Waals surface area contributed by atoms with Gasteiger partial charge in [-0.2, -0.15) is 21.6 Å². The minimum Gasteiger partial charge on any atom is -0.480 e. The lowest BCUT2D eigenvalue weighted by atomic mass is 9.89. The van der Waals surface area contributed by atoms with Crippen molar-refractivity contribution in [1.29, 1.82) is 0 Å². The first-order valence-electron chi connectivity index (χ1n) is 39.7. The summed E-state index contributed by atoms with van der Waals surface area (Å²) in [6, 6.07) is 16.1. The second-order valence-electron chi connectivity index (χ2n) is 30.3. The molecule has 11 amide bonds. The number of carbonyl (C=O) groups excluding carboxylic acids is 10. The molecule has 3 aromatic rings. The second-order valence-corrected chi connectivity index (χ2v) is 32.8. The molecule has 670 valence electrons. The van der Waals surface area contributed by atoms with Gasteiger partial charge in [0.2, 0.25) is 41.4 Å². The van der Waals surface area contributed by atoms with Gasteiger partial charge in [0.15, 0.2) is 4.36 Å². The molecule has 39 heteroatoms. The Morgan fingerprint density at radius 2 is 1.28 bits per heavy atom. The molecule has 1 fully saturated rings. The van der Waals surface area contributed by atoms with Crippen molar-refractivity contribution < 1.29 is 118 Å². The normalized spacial score (nSPS) is 16.4. The van der Waals surface area contributed by atoms with Crippen LogP contribution in [0.3, 0.4) is 0 Å². The van der Waals surface area contributed by atoms with E-state index in [2.05, 4.69) is 31.9 Å². The first-order chi connectivity index (χ1) is 56.5. The summed E-state index contributed by atoms with van der Waals surface area (Å²) < 4.78 is 89.9. The molecule has 2 heterocycles. The number of carboxylic acid groups (broad SMARTS) is 2. The van der Waals surface area contributed by atoms with Crippen molar-refractivity contribution in [3.63, 3.8) is 0 Å². The quantitative estimate of drug-likeness (QED) is 0.0285. The fraction of sp³-hybridized carbons (Fsp3) is 0.605.